The second-order valence-corrected chi connectivity index (χ2v) is 3.86. The minimum absolute atomic E-state index is 0.170. The molecule has 0 saturated heterocycles. The van der Waals surface area contributed by atoms with Crippen molar-refractivity contribution in [3.63, 3.8) is 0 Å². The summed E-state index contributed by atoms with van der Waals surface area (Å²) in [7, 11) is 0. The van der Waals surface area contributed by atoms with Gasteiger partial charge in [0.15, 0.2) is 0 Å². The molecule has 0 saturated carbocycles. The molecule has 3 nitrogen and oxygen atoms in total. The summed E-state index contributed by atoms with van der Waals surface area (Å²) in [5.74, 6) is -0.170. The van der Waals surface area contributed by atoms with Crippen LogP contribution in [0.3, 0.4) is 0 Å². The molecule has 2 aromatic rings. The summed E-state index contributed by atoms with van der Waals surface area (Å²) in [4.78, 5) is 11.9. The molecule has 0 bridgehead atoms. The third kappa shape index (κ3) is 2.96. The molecule has 1 amide bonds. The minimum Gasteiger partial charge on any atom is -0.348 e. The number of carbonyl (C=O) groups excluding carboxylic acids is 1. The van der Waals surface area contributed by atoms with Crippen LogP contribution in [0.25, 0.3) is 0 Å². The van der Waals surface area contributed by atoms with E-state index in [2.05, 4.69) is 5.32 Å². The van der Waals surface area contributed by atoms with Gasteiger partial charge < -0.3 is 5.32 Å². The number of carbonyl (C=O) groups is 1. The molecule has 1 N–H and O–H groups in total. The first-order valence-electron chi connectivity index (χ1n) is 5.62. The number of nitriles is 1. The van der Waals surface area contributed by atoms with E-state index in [0.717, 1.165) is 5.56 Å². The van der Waals surface area contributed by atoms with Crippen molar-refractivity contribution < 1.29 is 4.79 Å². The minimum atomic E-state index is -0.170. The van der Waals surface area contributed by atoms with E-state index in [1.165, 1.54) is 0 Å². The Morgan fingerprint density at radius 2 is 1.89 bits per heavy atom. The highest BCUT2D eigenvalue weighted by atomic mass is 16.1. The van der Waals surface area contributed by atoms with Crippen molar-refractivity contribution in [2.24, 2.45) is 0 Å². The Morgan fingerprint density at radius 1 is 1.11 bits per heavy atom. The summed E-state index contributed by atoms with van der Waals surface area (Å²) in [6.07, 6.45) is 0. The molecular weight excluding hydrogens is 224 g/mol. The van der Waals surface area contributed by atoms with E-state index < -0.39 is 0 Å². The van der Waals surface area contributed by atoms with Crippen molar-refractivity contribution in [2.75, 3.05) is 0 Å². The van der Waals surface area contributed by atoms with E-state index >= 15 is 0 Å². The van der Waals surface area contributed by atoms with Crippen molar-refractivity contribution in [3.05, 3.63) is 71.3 Å². The lowest BCUT2D eigenvalue weighted by Gasteiger charge is -2.05. The molecular formula is C15H12N2O. The normalized spacial score (nSPS) is 9.50. The Morgan fingerprint density at radius 3 is 2.61 bits per heavy atom. The van der Waals surface area contributed by atoms with Gasteiger partial charge in [0, 0.05) is 12.1 Å². The van der Waals surface area contributed by atoms with Gasteiger partial charge in [-0.2, -0.15) is 5.26 Å². The van der Waals surface area contributed by atoms with Crippen molar-refractivity contribution in [3.8, 4) is 6.07 Å². The monoisotopic (exact) mass is 236 g/mol. The van der Waals surface area contributed by atoms with E-state index in [1.807, 2.05) is 36.4 Å². The van der Waals surface area contributed by atoms with E-state index in [4.69, 9.17) is 5.26 Å². The smallest absolute Gasteiger partial charge is 0.251 e. The van der Waals surface area contributed by atoms with Crippen LogP contribution in [0.2, 0.25) is 0 Å². The fraction of sp³-hybridized carbons (Fsp3) is 0.0667. The van der Waals surface area contributed by atoms with Crippen molar-refractivity contribution >= 4 is 5.91 Å². The molecule has 3 heteroatoms. The Kier molecular flexibility index (Phi) is 3.72. The van der Waals surface area contributed by atoms with Crippen LogP contribution < -0.4 is 5.32 Å². The molecule has 0 unspecified atom stereocenters. The molecule has 2 rings (SSSR count). The summed E-state index contributed by atoms with van der Waals surface area (Å²) in [5, 5.41) is 11.6. The largest absolute Gasteiger partial charge is 0.348 e. The van der Waals surface area contributed by atoms with Crippen molar-refractivity contribution in [1.82, 2.24) is 5.32 Å². The quantitative estimate of drug-likeness (QED) is 0.890. The predicted molar refractivity (Wildman–Crippen MR) is 68.8 cm³/mol. The fourth-order valence-corrected chi connectivity index (χ4v) is 1.61. The van der Waals surface area contributed by atoms with Gasteiger partial charge in [-0.3, -0.25) is 4.79 Å². The first-order chi connectivity index (χ1) is 8.79. The van der Waals surface area contributed by atoms with Crippen molar-refractivity contribution in [2.45, 2.75) is 6.54 Å². The van der Waals surface area contributed by atoms with Gasteiger partial charge >= 0.3 is 0 Å². The highest BCUT2D eigenvalue weighted by Gasteiger charge is 2.05. The second-order valence-electron chi connectivity index (χ2n) is 3.86. The Balaban J connectivity index is 2.02. The number of hydrogen-bond acceptors (Lipinski definition) is 2. The molecule has 0 spiro atoms. The lowest BCUT2D eigenvalue weighted by Crippen LogP contribution is -2.22. The van der Waals surface area contributed by atoms with Crippen LogP contribution in [0, 0.1) is 11.3 Å². The Hall–Kier alpha value is -2.60. The van der Waals surface area contributed by atoms with Gasteiger partial charge in [-0.05, 0) is 23.8 Å². The number of rotatable bonds is 3. The average molecular weight is 236 g/mol. The Bertz CT molecular complexity index is 585. The van der Waals surface area contributed by atoms with Gasteiger partial charge in [-0.15, -0.1) is 0 Å². The fourth-order valence-electron chi connectivity index (χ4n) is 1.61. The molecule has 0 aliphatic heterocycles. The van der Waals surface area contributed by atoms with Gasteiger partial charge in [0.25, 0.3) is 5.91 Å². The molecule has 0 aliphatic rings. The lowest BCUT2D eigenvalue weighted by atomic mass is 10.1. The topological polar surface area (TPSA) is 52.9 Å². The van der Waals surface area contributed by atoms with Gasteiger partial charge in [-0.25, -0.2) is 0 Å². The number of nitrogens with zero attached hydrogens (tertiary/aromatic N) is 1. The number of nitrogens with one attached hydrogen (secondary N) is 1. The first kappa shape index (κ1) is 11.9. The highest BCUT2D eigenvalue weighted by Crippen LogP contribution is 2.05. The average Bonchev–Trinajstić information content (AvgIpc) is 2.46. The molecule has 0 fully saturated rings. The number of hydrogen-bond donors (Lipinski definition) is 1. The van der Waals surface area contributed by atoms with Gasteiger partial charge in [0.2, 0.25) is 0 Å². The zero-order chi connectivity index (χ0) is 12.8. The Labute approximate surface area is 106 Å². The van der Waals surface area contributed by atoms with E-state index in [-0.39, 0.29) is 5.91 Å². The van der Waals surface area contributed by atoms with E-state index in [9.17, 15) is 4.79 Å². The molecule has 2 aromatic carbocycles. The highest BCUT2D eigenvalue weighted by molar-refractivity contribution is 5.94. The zero-order valence-electron chi connectivity index (χ0n) is 9.76. The molecule has 88 valence electrons. The SMILES string of the molecule is N#Cc1cccc(C(=O)NCc2ccccc2)c1. The lowest BCUT2D eigenvalue weighted by molar-refractivity contribution is 0.0951. The molecule has 0 heterocycles. The molecule has 0 radical (unpaired) electrons. The molecule has 0 aliphatic carbocycles. The summed E-state index contributed by atoms with van der Waals surface area (Å²) in [6, 6.07) is 18.4. The third-order valence-electron chi connectivity index (χ3n) is 2.55. The second kappa shape index (κ2) is 5.65. The van der Waals surface area contributed by atoms with Gasteiger partial charge in [-0.1, -0.05) is 36.4 Å². The maximum atomic E-state index is 11.9. The standard InChI is InChI=1S/C15H12N2O/c16-10-13-7-4-8-14(9-13)15(18)17-11-12-5-2-1-3-6-12/h1-9H,11H2,(H,17,18). The first-order valence-corrected chi connectivity index (χ1v) is 5.62. The van der Waals surface area contributed by atoms with E-state index in [1.54, 1.807) is 24.3 Å². The summed E-state index contributed by atoms with van der Waals surface area (Å²) in [5.41, 5.74) is 2.04. The van der Waals surface area contributed by atoms with Gasteiger partial charge in [0.05, 0.1) is 11.6 Å². The molecule has 18 heavy (non-hydrogen) atoms. The maximum absolute atomic E-state index is 11.9. The van der Waals surface area contributed by atoms with Crippen LogP contribution in [-0.2, 0) is 6.54 Å². The van der Waals surface area contributed by atoms with Crippen LogP contribution in [-0.4, -0.2) is 5.91 Å². The van der Waals surface area contributed by atoms with Crippen LogP contribution in [0.4, 0.5) is 0 Å². The van der Waals surface area contributed by atoms with Gasteiger partial charge in [0.1, 0.15) is 0 Å². The summed E-state index contributed by atoms with van der Waals surface area (Å²) < 4.78 is 0. The van der Waals surface area contributed by atoms with E-state index in [0.29, 0.717) is 17.7 Å². The predicted octanol–water partition coefficient (Wildman–Crippen LogP) is 2.49. The van der Waals surface area contributed by atoms with Crippen LogP contribution in [0.5, 0.6) is 0 Å². The molecule has 0 aromatic heterocycles. The number of amides is 1. The summed E-state index contributed by atoms with van der Waals surface area (Å²) >= 11 is 0. The van der Waals surface area contributed by atoms with Crippen LogP contribution in [0.15, 0.2) is 54.6 Å². The summed E-state index contributed by atoms with van der Waals surface area (Å²) in [6.45, 7) is 0.483. The number of benzene rings is 2. The zero-order valence-corrected chi connectivity index (χ0v) is 9.76. The van der Waals surface area contributed by atoms with Crippen LogP contribution >= 0.6 is 0 Å². The molecule has 0 atom stereocenters. The van der Waals surface area contributed by atoms with Crippen molar-refractivity contribution in [1.29, 1.82) is 5.26 Å². The third-order valence-corrected chi connectivity index (χ3v) is 2.55. The maximum Gasteiger partial charge on any atom is 0.251 e. The van der Waals surface area contributed by atoms with Crippen LogP contribution in [0.1, 0.15) is 21.5 Å².